The minimum absolute atomic E-state index is 0.232. The number of esters is 1. The van der Waals surface area contributed by atoms with Gasteiger partial charge in [-0.05, 0) is 106 Å². The molecule has 1 aliphatic rings. The van der Waals surface area contributed by atoms with Crippen molar-refractivity contribution in [3.8, 4) is 11.5 Å². The average molecular weight is 643 g/mol. The van der Waals surface area contributed by atoms with Crippen LogP contribution in [0, 0.1) is 20.8 Å². The molecule has 0 N–H and O–H groups in total. The number of fused-ring (bicyclic) bond motifs is 1. The highest BCUT2D eigenvalue weighted by molar-refractivity contribution is 7.98. The van der Waals surface area contributed by atoms with Crippen LogP contribution in [-0.2, 0) is 16.1 Å². The third kappa shape index (κ3) is 6.79. The normalized spacial score (nSPS) is 14.8. The molecule has 0 bridgehead atoms. The predicted molar refractivity (Wildman–Crippen MR) is 181 cm³/mol. The standard InChI is InChI=1S/C36H38N2O5S2/c1-20(2)43-35(40)32-24(6)37-36-38(33(32)26-10-12-27(44-8)13-11-26)34(39)31(45-36)18-25-9-14-29(30(17-25)41-7)42-19-28-22(4)15-21(3)16-23(28)5/h9-18,20,33H,19H2,1-8H3/b31-18-/t33-/m0/s1. The molecule has 0 saturated heterocycles. The van der Waals surface area contributed by atoms with Gasteiger partial charge in [-0.2, -0.15) is 0 Å². The summed E-state index contributed by atoms with van der Waals surface area (Å²) in [5.74, 6) is 0.712. The number of aromatic nitrogens is 1. The van der Waals surface area contributed by atoms with Crippen molar-refractivity contribution in [1.82, 2.24) is 4.57 Å². The fourth-order valence-electron chi connectivity index (χ4n) is 5.59. The van der Waals surface area contributed by atoms with Gasteiger partial charge in [0.25, 0.3) is 5.56 Å². The number of carbonyl (C=O) groups excluding carboxylic acids is 1. The summed E-state index contributed by atoms with van der Waals surface area (Å²) in [6.45, 7) is 12.1. The summed E-state index contributed by atoms with van der Waals surface area (Å²) in [4.78, 5) is 33.7. The molecule has 0 fully saturated rings. The number of ether oxygens (including phenoxy) is 3. The third-order valence-electron chi connectivity index (χ3n) is 7.71. The number of allylic oxidation sites excluding steroid dienone is 1. The highest BCUT2D eigenvalue weighted by atomic mass is 32.2. The molecular weight excluding hydrogens is 605 g/mol. The molecular formula is C36H38N2O5S2. The molecule has 1 aromatic heterocycles. The van der Waals surface area contributed by atoms with Crippen molar-refractivity contribution < 1.29 is 19.0 Å². The Hall–Kier alpha value is -4.08. The van der Waals surface area contributed by atoms with E-state index in [-0.39, 0.29) is 11.7 Å². The smallest absolute Gasteiger partial charge is 0.338 e. The first-order valence-corrected chi connectivity index (χ1v) is 16.8. The molecule has 0 radical (unpaired) electrons. The van der Waals surface area contributed by atoms with Crippen molar-refractivity contribution in [3.05, 3.63) is 119 Å². The number of aryl methyl sites for hydroxylation is 3. The van der Waals surface area contributed by atoms with Gasteiger partial charge in [0.15, 0.2) is 16.3 Å². The Bertz CT molecular complexity index is 1950. The molecule has 45 heavy (non-hydrogen) atoms. The summed E-state index contributed by atoms with van der Waals surface area (Å²) >= 11 is 2.92. The summed E-state index contributed by atoms with van der Waals surface area (Å²) in [7, 11) is 1.60. The molecule has 234 valence electrons. The summed E-state index contributed by atoms with van der Waals surface area (Å²) < 4.78 is 19.6. The van der Waals surface area contributed by atoms with Crippen LogP contribution >= 0.6 is 23.1 Å². The minimum Gasteiger partial charge on any atom is -0.493 e. The van der Waals surface area contributed by atoms with Gasteiger partial charge >= 0.3 is 5.97 Å². The van der Waals surface area contributed by atoms with Crippen LogP contribution in [-0.4, -0.2) is 30.0 Å². The first kappa shape index (κ1) is 32.3. The van der Waals surface area contributed by atoms with Gasteiger partial charge in [-0.15, -0.1) is 11.8 Å². The van der Waals surface area contributed by atoms with Crippen LogP contribution in [0.5, 0.6) is 11.5 Å². The van der Waals surface area contributed by atoms with Gasteiger partial charge in [0, 0.05) is 4.90 Å². The zero-order valence-electron chi connectivity index (χ0n) is 26.9. The second-order valence-electron chi connectivity index (χ2n) is 11.4. The number of thiazole rings is 1. The zero-order chi connectivity index (χ0) is 32.4. The summed E-state index contributed by atoms with van der Waals surface area (Å²) in [6, 6.07) is 17.2. The number of hydrogen-bond donors (Lipinski definition) is 0. The first-order valence-electron chi connectivity index (χ1n) is 14.8. The number of thioether (sulfide) groups is 1. The Morgan fingerprint density at radius 2 is 1.71 bits per heavy atom. The monoisotopic (exact) mass is 642 g/mol. The van der Waals surface area contributed by atoms with Crippen molar-refractivity contribution in [1.29, 1.82) is 0 Å². The van der Waals surface area contributed by atoms with Crippen LogP contribution in [0.25, 0.3) is 6.08 Å². The van der Waals surface area contributed by atoms with Gasteiger partial charge in [-0.3, -0.25) is 9.36 Å². The third-order valence-corrected chi connectivity index (χ3v) is 9.44. The van der Waals surface area contributed by atoms with E-state index in [1.54, 1.807) is 44.2 Å². The molecule has 3 aromatic carbocycles. The summed E-state index contributed by atoms with van der Waals surface area (Å²) in [5.41, 5.74) is 7.01. The molecule has 7 nitrogen and oxygen atoms in total. The number of methoxy groups -OCH3 is 1. The topological polar surface area (TPSA) is 79.1 Å². The van der Waals surface area contributed by atoms with Crippen molar-refractivity contribution in [2.45, 2.75) is 65.2 Å². The number of hydrogen-bond acceptors (Lipinski definition) is 8. The van der Waals surface area contributed by atoms with E-state index in [4.69, 9.17) is 19.2 Å². The largest absolute Gasteiger partial charge is 0.493 e. The minimum atomic E-state index is -0.662. The highest BCUT2D eigenvalue weighted by Gasteiger charge is 2.33. The van der Waals surface area contributed by atoms with Crippen LogP contribution in [0.15, 0.2) is 80.5 Å². The van der Waals surface area contributed by atoms with E-state index in [1.165, 1.54) is 28.0 Å². The molecule has 0 aliphatic carbocycles. The Morgan fingerprint density at radius 1 is 1.02 bits per heavy atom. The maximum absolute atomic E-state index is 14.0. The molecule has 0 unspecified atom stereocenters. The van der Waals surface area contributed by atoms with E-state index in [9.17, 15) is 9.59 Å². The van der Waals surface area contributed by atoms with Crippen LogP contribution in [0.3, 0.4) is 0 Å². The lowest BCUT2D eigenvalue weighted by Gasteiger charge is -2.25. The molecule has 0 saturated carbocycles. The molecule has 0 spiro atoms. The van der Waals surface area contributed by atoms with Crippen molar-refractivity contribution in [2.75, 3.05) is 13.4 Å². The molecule has 2 heterocycles. The quantitative estimate of drug-likeness (QED) is 0.155. The Morgan fingerprint density at radius 3 is 2.33 bits per heavy atom. The van der Waals surface area contributed by atoms with Gasteiger partial charge < -0.3 is 14.2 Å². The number of carbonyl (C=O) groups is 1. The van der Waals surface area contributed by atoms with Gasteiger partial charge in [0.05, 0.1) is 35.1 Å². The fourth-order valence-corrected chi connectivity index (χ4v) is 7.05. The van der Waals surface area contributed by atoms with E-state index in [1.807, 2.05) is 54.8 Å². The maximum Gasteiger partial charge on any atom is 0.338 e. The van der Waals surface area contributed by atoms with Crippen LogP contribution in [0.4, 0.5) is 0 Å². The predicted octanol–water partition coefficient (Wildman–Crippen LogP) is 6.42. The Balaban J connectivity index is 1.54. The summed E-state index contributed by atoms with van der Waals surface area (Å²) in [6.07, 6.45) is 3.52. The lowest BCUT2D eigenvalue weighted by atomic mass is 9.96. The second-order valence-corrected chi connectivity index (χ2v) is 13.3. The lowest BCUT2D eigenvalue weighted by molar-refractivity contribution is -0.143. The first-order chi connectivity index (χ1) is 21.5. The van der Waals surface area contributed by atoms with E-state index in [0.717, 1.165) is 21.6 Å². The maximum atomic E-state index is 14.0. The van der Waals surface area contributed by atoms with Crippen LogP contribution in [0.1, 0.15) is 60.2 Å². The Kier molecular flexibility index (Phi) is 9.70. The van der Waals surface area contributed by atoms with Gasteiger partial charge in [0.1, 0.15) is 6.61 Å². The SMILES string of the molecule is COc1cc(/C=c2\sc3n(c2=O)[C@@H](c2ccc(SC)cc2)C(C(=O)OC(C)C)=C(C)N=3)ccc1OCc1c(C)cc(C)cc1C. The average Bonchev–Trinajstić information content (AvgIpc) is 3.29. The van der Waals surface area contributed by atoms with Crippen molar-refractivity contribution in [2.24, 2.45) is 4.99 Å². The zero-order valence-corrected chi connectivity index (χ0v) is 28.5. The fraction of sp³-hybridized carbons (Fsp3) is 0.306. The van der Waals surface area contributed by atoms with Crippen molar-refractivity contribution >= 4 is 35.1 Å². The highest BCUT2D eigenvalue weighted by Crippen LogP contribution is 2.33. The Labute approximate surface area is 271 Å². The number of benzene rings is 3. The van der Waals surface area contributed by atoms with E-state index < -0.39 is 12.0 Å². The molecule has 5 rings (SSSR count). The second kappa shape index (κ2) is 13.5. The molecule has 1 atom stereocenters. The number of nitrogens with zero attached hydrogens (tertiary/aromatic N) is 2. The lowest BCUT2D eigenvalue weighted by Crippen LogP contribution is -2.40. The van der Waals surface area contributed by atoms with Crippen LogP contribution < -0.4 is 24.4 Å². The van der Waals surface area contributed by atoms with Gasteiger partial charge in [-0.25, -0.2) is 9.79 Å². The molecule has 1 aliphatic heterocycles. The molecule has 4 aromatic rings. The van der Waals surface area contributed by atoms with Gasteiger partial charge in [-0.1, -0.05) is 47.2 Å². The van der Waals surface area contributed by atoms with Gasteiger partial charge in [0.2, 0.25) is 0 Å². The van der Waals surface area contributed by atoms with E-state index in [0.29, 0.717) is 38.7 Å². The van der Waals surface area contributed by atoms with Crippen LogP contribution in [0.2, 0.25) is 0 Å². The van der Waals surface area contributed by atoms with E-state index in [2.05, 4.69) is 32.9 Å². The van der Waals surface area contributed by atoms with Crippen molar-refractivity contribution in [3.63, 3.8) is 0 Å². The number of rotatable bonds is 9. The van der Waals surface area contributed by atoms with E-state index >= 15 is 0 Å². The molecule has 9 heteroatoms. The summed E-state index contributed by atoms with van der Waals surface area (Å²) in [5, 5.41) is 0. The molecule has 0 amide bonds.